The molecule has 4 nitrogen and oxygen atoms in total. The predicted molar refractivity (Wildman–Crippen MR) is 99.0 cm³/mol. The zero-order valence-corrected chi connectivity index (χ0v) is 14.4. The molecule has 0 aliphatic carbocycles. The van der Waals surface area contributed by atoms with Crippen molar-refractivity contribution in [3.8, 4) is 5.75 Å². The normalized spacial score (nSPS) is 10.7. The van der Waals surface area contributed by atoms with Gasteiger partial charge in [0.1, 0.15) is 5.75 Å². The smallest absolute Gasteiger partial charge is 0.257 e. The van der Waals surface area contributed by atoms with E-state index in [1.807, 2.05) is 36.4 Å². The number of hydrogen-bond donors (Lipinski definition) is 1. The first-order valence-corrected chi connectivity index (χ1v) is 8.97. The molecular weight excluding hydrogens is 320 g/mol. The van der Waals surface area contributed by atoms with Crippen LogP contribution in [0.3, 0.4) is 0 Å². The second-order valence-electron chi connectivity index (χ2n) is 5.52. The number of nitrogens with one attached hydrogen (secondary N) is 1. The molecule has 3 rings (SSSR count). The highest BCUT2D eigenvalue weighted by atomic mass is 32.1. The summed E-state index contributed by atoms with van der Waals surface area (Å²) in [6.07, 6.45) is 3.34. The van der Waals surface area contributed by atoms with Gasteiger partial charge in [-0.3, -0.25) is 10.1 Å². The van der Waals surface area contributed by atoms with Crippen molar-refractivity contribution < 1.29 is 9.53 Å². The van der Waals surface area contributed by atoms with Crippen molar-refractivity contribution in [2.24, 2.45) is 0 Å². The summed E-state index contributed by atoms with van der Waals surface area (Å²) in [5.74, 6) is 0.552. The molecule has 0 radical (unpaired) electrons. The van der Waals surface area contributed by atoms with Crippen LogP contribution in [0.25, 0.3) is 10.2 Å². The molecule has 0 unspecified atom stereocenters. The van der Waals surface area contributed by atoms with Crippen LogP contribution < -0.4 is 10.1 Å². The van der Waals surface area contributed by atoms with Crippen LogP contribution in [0.5, 0.6) is 5.75 Å². The first-order chi connectivity index (χ1) is 11.8. The number of carbonyl (C=O) groups excluding carboxylic acids is 1. The fraction of sp³-hybridized carbons (Fsp3) is 0.263. The number of amides is 1. The van der Waals surface area contributed by atoms with Crippen LogP contribution in [0.4, 0.5) is 5.13 Å². The minimum atomic E-state index is -0.173. The summed E-state index contributed by atoms with van der Waals surface area (Å²) < 4.78 is 6.76. The van der Waals surface area contributed by atoms with Gasteiger partial charge in [0.15, 0.2) is 5.13 Å². The van der Waals surface area contributed by atoms with E-state index in [9.17, 15) is 4.79 Å². The summed E-state index contributed by atoms with van der Waals surface area (Å²) in [4.78, 5) is 16.8. The summed E-state index contributed by atoms with van der Waals surface area (Å²) in [7, 11) is 0. The number of benzene rings is 2. The Morgan fingerprint density at radius 1 is 1.17 bits per heavy atom. The van der Waals surface area contributed by atoms with Crippen LogP contribution in [0.15, 0.2) is 48.5 Å². The average Bonchev–Trinajstić information content (AvgIpc) is 3.01. The van der Waals surface area contributed by atoms with Crippen molar-refractivity contribution in [1.82, 2.24) is 4.98 Å². The van der Waals surface area contributed by atoms with E-state index in [0.29, 0.717) is 17.3 Å². The minimum absolute atomic E-state index is 0.173. The van der Waals surface area contributed by atoms with Crippen LogP contribution in [-0.2, 0) is 0 Å². The maximum Gasteiger partial charge on any atom is 0.257 e. The zero-order valence-electron chi connectivity index (χ0n) is 13.6. The molecule has 0 aliphatic heterocycles. The molecule has 0 fully saturated rings. The summed E-state index contributed by atoms with van der Waals surface area (Å²) >= 11 is 1.47. The van der Waals surface area contributed by atoms with Crippen molar-refractivity contribution >= 4 is 32.6 Å². The molecule has 24 heavy (non-hydrogen) atoms. The Kier molecular flexibility index (Phi) is 5.43. The lowest BCUT2D eigenvalue weighted by atomic mass is 10.2. The molecular formula is C19H20N2O2S. The van der Waals surface area contributed by atoms with Gasteiger partial charge in [0.2, 0.25) is 0 Å². The minimum Gasteiger partial charge on any atom is -0.494 e. The highest BCUT2D eigenvalue weighted by Crippen LogP contribution is 2.26. The number of ether oxygens (including phenoxy) is 1. The van der Waals surface area contributed by atoms with Crippen molar-refractivity contribution in [2.45, 2.75) is 26.2 Å². The largest absolute Gasteiger partial charge is 0.494 e. The second kappa shape index (κ2) is 7.93. The molecule has 0 spiro atoms. The van der Waals surface area contributed by atoms with E-state index in [2.05, 4.69) is 17.2 Å². The van der Waals surface area contributed by atoms with E-state index < -0.39 is 0 Å². The fourth-order valence-electron chi connectivity index (χ4n) is 2.36. The van der Waals surface area contributed by atoms with Crippen molar-refractivity contribution in [3.63, 3.8) is 0 Å². The van der Waals surface area contributed by atoms with Gasteiger partial charge >= 0.3 is 0 Å². The third-order valence-corrected chi connectivity index (χ3v) is 4.58. The van der Waals surface area contributed by atoms with Crippen LogP contribution in [-0.4, -0.2) is 17.5 Å². The summed E-state index contributed by atoms with van der Waals surface area (Å²) in [6.45, 7) is 2.84. The van der Waals surface area contributed by atoms with Gasteiger partial charge in [0.05, 0.1) is 16.8 Å². The highest BCUT2D eigenvalue weighted by molar-refractivity contribution is 7.22. The quantitative estimate of drug-likeness (QED) is 0.608. The molecule has 2 aromatic carbocycles. The topological polar surface area (TPSA) is 51.2 Å². The molecule has 0 atom stereocenters. The van der Waals surface area contributed by atoms with E-state index in [-0.39, 0.29) is 5.91 Å². The Morgan fingerprint density at radius 2 is 2.04 bits per heavy atom. The van der Waals surface area contributed by atoms with Crippen molar-refractivity contribution in [3.05, 3.63) is 54.1 Å². The van der Waals surface area contributed by atoms with E-state index in [1.165, 1.54) is 11.3 Å². The van der Waals surface area contributed by atoms with Crippen molar-refractivity contribution in [2.75, 3.05) is 11.9 Å². The molecule has 0 saturated heterocycles. The first-order valence-electron chi connectivity index (χ1n) is 8.16. The van der Waals surface area contributed by atoms with Gasteiger partial charge in [-0.2, -0.15) is 0 Å². The third-order valence-electron chi connectivity index (χ3n) is 3.63. The molecule has 0 bridgehead atoms. The van der Waals surface area contributed by atoms with Gasteiger partial charge in [0, 0.05) is 5.56 Å². The van der Waals surface area contributed by atoms with Crippen LogP contribution in [0.1, 0.15) is 36.5 Å². The monoisotopic (exact) mass is 340 g/mol. The Balaban J connectivity index is 1.66. The number of anilines is 1. The van der Waals surface area contributed by atoms with E-state index in [1.54, 1.807) is 12.1 Å². The third kappa shape index (κ3) is 4.11. The van der Waals surface area contributed by atoms with E-state index >= 15 is 0 Å². The number of hydrogen-bond acceptors (Lipinski definition) is 4. The number of fused-ring (bicyclic) bond motifs is 1. The van der Waals surface area contributed by atoms with Gasteiger partial charge in [-0.05, 0) is 36.8 Å². The molecule has 1 amide bonds. The second-order valence-corrected chi connectivity index (χ2v) is 6.55. The standard InChI is InChI=1S/C19H20N2O2S/c1-2-3-6-12-23-15-9-7-8-14(13-15)18(22)21-19-20-16-10-4-5-11-17(16)24-19/h4-5,7-11,13H,2-3,6,12H2,1H3,(H,20,21,22). The predicted octanol–water partition coefficient (Wildman–Crippen LogP) is 5.12. The van der Waals surface area contributed by atoms with Crippen LogP contribution in [0.2, 0.25) is 0 Å². The summed E-state index contributed by atoms with van der Waals surface area (Å²) in [5, 5.41) is 3.47. The average molecular weight is 340 g/mol. The molecule has 1 N–H and O–H groups in total. The molecule has 1 heterocycles. The van der Waals surface area contributed by atoms with Gasteiger partial charge < -0.3 is 4.74 Å². The fourth-order valence-corrected chi connectivity index (χ4v) is 3.23. The molecule has 0 aliphatic rings. The number of carbonyl (C=O) groups is 1. The van der Waals surface area contributed by atoms with Crippen LogP contribution >= 0.6 is 11.3 Å². The molecule has 0 saturated carbocycles. The first kappa shape index (κ1) is 16.5. The number of aromatic nitrogens is 1. The van der Waals surface area contributed by atoms with Crippen molar-refractivity contribution in [1.29, 1.82) is 0 Å². The lowest BCUT2D eigenvalue weighted by Crippen LogP contribution is -2.11. The number of para-hydroxylation sites is 1. The zero-order chi connectivity index (χ0) is 16.8. The Morgan fingerprint density at radius 3 is 2.88 bits per heavy atom. The maximum absolute atomic E-state index is 12.4. The van der Waals surface area contributed by atoms with E-state index in [0.717, 1.165) is 35.2 Å². The number of rotatable bonds is 7. The summed E-state index contributed by atoms with van der Waals surface area (Å²) in [6, 6.07) is 15.1. The SMILES string of the molecule is CCCCCOc1cccc(C(=O)Nc2nc3ccccc3s2)c1. The van der Waals surface area contributed by atoms with Gasteiger partial charge in [0.25, 0.3) is 5.91 Å². The maximum atomic E-state index is 12.4. The Hall–Kier alpha value is -2.40. The van der Waals surface area contributed by atoms with Crippen LogP contribution in [0, 0.1) is 0 Å². The van der Waals surface area contributed by atoms with E-state index in [4.69, 9.17) is 4.74 Å². The van der Waals surface area contributed by atoms with Gasteiger partial charge in [-0.15, -0.1) is 0 Å². The molecule has 3 aromatic rings. The number of unbranched alkanes of at least 4 members (excludes halogenated alkanes) is 2. The number of thiazole rings is 1. The Bertz CT molecular complexity index is 796. The molecule has 5 heteroatoms. The van der Waals surface area contributed by atoms with Gasteiger partial charge in [-0.25, -0.2) is 4.98 Å². The summed E-state index contributed by atoms with van der Waals surface area (Å²) in [5.41, 5.74) is 1.47. The lowest BCUT2D eigenvalue weighted by molar-refractivity contribution is 0.102. The molecule has 124 valence electrons. The van der Waals surface area contributed by atoms with Gasteiger partial charge in [-0.1, -0.05) is 49.3 Å². The highest BCUT2D eigenvalue weighted by Gasteiger charge is 2.10. The molecule has 1 aromatic heterocycles. The Labute approximate surface area is 145 Å². The number of nitrogens with zero attached hydrogens (tertiary/aromatic N) is 1. The lowest BCUT2D eigenvalue weighted by Gasteiger charge is -2.07.